The molecule has 1 aromatic heterocycles. The first-order valence-corrected chi connectivity index (χ1v) is 9.12. The summed E-state index contributed by atoms with van der Waals surface area (Å²) in [5.74, 6) is 1.93. The number of hydrogen-bond donors (Lipinski definition) is 1. The van der Waals surface area contributed by atoms with E-state index < -0.39 is 0 Å². The molecule has 1 N–H and O–H groups in total. The van der Waals surface area contributed by atoms with Crippen molar-refractivity contribution in [3.8, 4) is 0 Å². The first-order valence-electron chi connectivity index (χ1n) is 9.12. The quantitative estimate of drug-likeness (QED) is 0.173. The van der Waals surface area contributed by atoms with E-state index in [2.05, 4.69) is 35.9 Å². The largest absolute Gasteiger partial charge is 0.361 e. The van der Waals surface area contributed by atoms with E-state index in [-0.39, 0.29) is 24.0 Å². The van der Waals surface area contributed by atoms with E-state index in [1.54, 1.807) is 0 Å². The van der Waals surface area contributed by atoms with Crippen LogP contribution in [-0.2, 0) is 6.42 Å². The first kappa shape index (κ1) is 23.9. The summed E-state index contributed by atoms with van der Waals surface area (Å²) in [4.78, 5) is 6.98. The van der Waals surface area contributed by atoms with Crippen LogP contribution in [-0.4, -0.2) is 42.7 Å². The van der Waals surface area contributed by atoms with Gasteiger partial charge >= 0.3 is 0 Å². The van der Waals surface area contributed by atoms with Crippen LogP contribution in [0.2, 0.25) is 0 Å². The average Bonchev–Trinajstić information content (AvgIpc) is 2.88. The number of unbranched alkanes of at least 4 members (excludes halogenated alkanes) is 3. The number of nitrogens with one attached hydrogen (secondary N) is 1. The zero-order valence-electron chi connectivity index (χ0n) is 16.3. The molecule has 25 heavy (non-hydrogen) atoms. The van der Waals surface area contributed by atoms with Gasteiger partial charge in [0.05, 0.1) is 5.69 Å². The summed E-state index contributed by atoms with van der Waals surface area (Å²) in [7, 11) is 2.11. The molecule has 1 rings (SSSR count). The lowest BCUT2D eigenvalue weighted by Crippen LogP contribution is -2.39. The number of hydrogen-bond acceptors (Lipinski definition) is 3. The van der Waals surface area contributed by atoms with Gasteiger partial charge in [-0.05, 0) is 52.9 Å². The minimum atomic E-state index is 0. The number of halogens is 1. The number of guanidine groups is 1. The second-order valence-electron chi connectivity index (χ2n) is 6.20. The van der Waals surface area contributed by atoms with Crippen molar-refractivity contribution in [1.82, 2.24) is 15.4 Å². The lowest BCUT2D eigenvalue weighted by Gasteiger charge is -2.22. The fourth-order valence-electron chi connectivity index (χ4n) is 2.69. The van der Waals surface area contributed by atoms with Crippen LogP contribution in [0.4, 0.5) is 0 Å². The highest BCUT2D eigenvalue weighted by molar-refractivity contribution is 14.0. The Balaban J connectivity index is 0.00000576. The standard InChI is InChI=1S/C19H34N4O.HI/c1-6-8-9-10-11-15-23(5)19(20-7-2)21-14-12-13-18-16(3)22-24-17(18)4;/h6H,1,7-15H2,2-5H3,(H,20,21);1H. The maximum Gasteiger partial charge on any atom is 0.193 e. The summed E-state index contributed by atoms with van der Waals surface area (Å²) < 4.78 is 5.21. The van der Waals surface area contributed by atoms with E-state index in [0.717, 1.165) is 56.3 Å². The van der Waals surface area contributed by atoms with Gasteiger partial charge in [0.15, 0.2) is 5.96 Å². The van der Waals surface area contributed by atoms with Gasteiger partial charge in [0, 0.05) is 32.2 Å². The number of allylic oxidation sites excluding steroid dienone is 1. The maximum absolute atomic E-state index is 5.21. The number of nitrogens with zero attached hydrogens (tertiary/aromatic N) is 3. The molecule has 0 saturated carbocycles. The van der Waals surface area contributed by atoms with Crippen molar-refractivity contribution in [2.75, 3.05) is 26.7 Å². The van der Waals surface area contributed by atoms with Crippen LogP contribution in [0.5, 0.6) is 0 Å². The van der Waals surface area contributed by atoms with Gasteiger partial charge in [-0.15, -0.1) is 30.6 Å². The van der Waals surface area contributed by atoms with E-state index in [1.165, 1.54) is 24.8 Å². The Hall–Kier alpha value is -1.05. The zero-order valence-corrected chi connectivity index (χ0v) is 18.6. The predicted octanol–water partition coefficient (Wildman–Crippen LogP) is 4.49. The summed E-state index contributed by atoms with van der Waals surface area (Å²) in [6.07, 6.45) is 8.73. The van der Waals surface area contributed by atoms with Crippen LogP contribution in [0.3, 0.4) is 0 Å². The second-order valence-corrected chi connectivity index (χ2v) is 6.20. The molecule has 0 unspecified atom stereocenters. The average molecular weight is 462 g/mol. The molecule has 0 radical (unpaired) electrons. The SMILES string of the molecule is C=CCCCCCN(C)C(=NCCCc1c(C)noc1C)NCC.I. The van der Waals surface area contributed by atoms with Crippen molar-refractivity contribution in [1.29, 1.82) is 0 Å². The van der Waals surface area contributed by atoms with Crippen LogP contribution in [0.1, 0.15) is 56.0 Å². The molecule has 0 amide bonds. The number of aryl methyl sites for hydroxylation is 2. The van der Waals surface area contributed by atoms with Gasteiger partial charge in [0.2, 0.25) is 0 Å². The highest BCUT2D eigenvalue weighted by Gasteiger charge is 2.09. The van der Waals surface area contributed by atoms with Crippen molar-refractivity contribution >= 4 is 29.9 Å². The highest BCUT2D eigenvalue weighted by Crippen LogP contribution is 2.14. The molecule has 0 aliphatic heterocycles. The predicted molar refractivity (Wildman–Crippen MR) is 117 cm³/mol. The van der Waals surface area contributed by atoms with Gasteiger partial charge in [0.1, 0.15) is 5.76 Å². The van der Waals surface area contributed by atoms with E-state index in [1.807, 2.05) is 19.9 Å². The monoisotopic (exact) mass is 462 g/mol. The molecule has 0 bridgehead atoms. The Labute approximate surface area is 170 Å². The third-order valence-electron chi connectivity index (χ3n) is 4.13. The lowest BCUT2D eigenvalue weighted by atomic mass is 10.1. The van der Waals surface area contributed by atoms with Crippen LogP contribution < -0.4 is 5.32 Å². The van der Waals surface area contributed by atoms with Crippen LogP contribution in [0.15, 0.2) is 22.2 Å². The molecular weight excluding hydrogens is 427 g/mol. The summed E-state index contributed by atoms with van der Waals surface area (Å²) >= 11 is 0. The molecule has 0 aliphatic carbocycles. The molecule has 0 aliphatic rings. The minimum Gasteiger partial charge on any atom is -0.361 e. The molecule has 0 aromatic carbocycles. The van der Waals surface area contributed by atoms with Crippen LogP contribution in [0.25, 0.3) is 0 Å². The van der Waals surface area contributed by atoms with Gasteiger partial charge in [-0.3, -0.25) is 4.99 Å². The van der Waals surface area contributed by atoms with Crippen molar-refractivity contribution in [2.24, 2.45) is 4.99 Å². The summed E-state index contributed by atoms with van der Waals surface area (Å²) in [6, 6.07) is 0. The Morgan fingerprint density at radius 3 is 2.64 bits per heavy atom. The van der Waals surface area contributed by atoms with Crippen molar-refractivity contribution in [2.45, 2.75) is 59.3 Å². The first-order chi connectivity index (χ1) is 11.6. The Bertz CT molecular complexity index is 494. The summed E-state index contributed by atoms with van der Waals surface area (Å²) in [5.41, 5.74) is 2.23. The normalized spacial score (nSPS) is 11.1. The third-order valence-corrected chi connectivity index (χ3v) is 4.13. The highest BCUT2D eigenvalue weighted by atomic mass is 127. The Morgan fingerprint density at radius 2 is 2.04 bits per heavy atom. The fourth-order valence-corrected chi connectivity index (χ4v) is 2.69. The molecule has 0 atom stereocenters. The van der Waals surface area contributed by atoms with Gasteiger partial charge in [0.25, 0.3) is 0 Å². The third kappa shape index (κ3) is 9.28. The fraction of sp³-hybridized carbons (Fsp3) is 0.684. The topological polar surface area (TPSA) is 53.7 Å². The lowest BCUT2D eigenvalue weighted by molar-refractivity contribution is 0.392. The van der Waals surface area contributed by atoms with Crippen LogP contribution in [0, 0.1) is 13.8 Å². The molecule has 5 nitrogen and oxygen atoms in total. The van der Waals surface area contributed by atoms with E-state index in [9.17, 15) is 0 Å². The van der Waals surface area contributed by atoms with Crippen molar-refractivity contribution in [3.05, 3.63) is 29.7 Å². The zero-order chi connectivity index (χ0) is 17.8. The molecule has 0 fully saturated rings. The van der Waals surface area contributed by atoms with Gasteiger partial charge in [-0.1, -0.05) is 17.7 Å². The van der Waals surface area contributed by atoms with E-state index in [0.29, 0.717) is 0 Å². The number of rotatable bonds is 11. The molecule has 6 heteroatoms. The molecule has 1 aromatic rings. The molecular formula is C19H35IN4O. The van der Waals surface area contributed by atoms with Gasteiger partial charge < -0.3 is 14.7 Å². The van der Waals surface area contributed by atoms with Gasteiger partial charge in [-0.2, -0.15) is 0 Å². The number of aliphatic imine (C=N–C) groups is 1. The molecule has 0 spiro atoms. The maximum atomic E-state index is 5.21. The Kier molecular flexibility index (Phi) is 13.6. The Morgan fingerprint density at radius 1 is 1.28 bits per heavy atom. The minimum absolute atomic E-state index is 0. The molecule has 144 valence electrons. The van der Waals surface area contributed by atoms with Crippen LogP contribution >= 0.6 is 24.0 Å². The number of aromatic nitrogens is 1. The molecule has 1 heterocycles. The summed E-state index contributed by atoms with van der Waals surface area (Å²) in [5, 5.41) is 7.38. The van der Waals surface area contributed by atoms with Crippen molar-refractivity contribution < 1.29 is 4.52 Å². The summed E-state index contributed by atoms with van der Waals surface area (Å²) in [6.45, 7) is 12.6. The smallest absolute Gasteiger partial charge is 0.193 e. The second kappa shape index (κ2) is 14.2. The molecule has 0 saturated heterocycles. The van der Waals surface area contributed by atoms with Crippen molar-refractivity contribution in [3.63, 3.8) is 0 Å². The van der Waals surface area contributed by atoms with E-state index in [4.69, 9.17) is 9.52 Å². The van der Waals surface area contributed by atoms with E-state index >= 15 is 0 Å². The van der Waals surface area contributed by atoms with Gasteiger partial charge in [-0.25, -0.2) is 0 Å².